The molecule has 0 aliphatic rings. The third kappa shape index (κ3) is 6.10. The highest BCUT2D eigenvalue weighted by Crippen LogP contribution is 2.29. The lowest BCUT2D eigenvalue weighted by atomic mass is 10.2. The van der Waals surface area contributed by atoms with E-state index in [9.17, 15) is 19.7 Å². The van der Waals surface area contributed by atoms with E-state index in [4.69, 9.17) is 25.8 Å². The normalized spacial score (nSPS) is 10.1. The second-order valence-electron chi connectivity index (χ2n) is 5.21. The zero-order valence-corrected chi connectivity index (χ0v) is 16.8. The summed E-state index contributed by atoms with van der Waals surface area (Å²) in [6.45, 7) is -0.974. The van der Waals surface area contributed by atoms with Crippen LogP contribution < -0.4 is 14.8 Å². The van der Waals surface area contributed by atoms with Crippen molar-refractivity contribution in [1.82, 2.24) is 0 Å². The van der Waals surface area contributed by atoms with E-state index in [2.05, 4.69) is 21.2 Å². The SMILES string of the molecule is COc1cc([N+](=O)[O-])ccc1NC(=O)COC(=O)COc1ccc(Cl)cc1Br. The van der Waals surface area contributed by atoms with E-state index in [1.807, 2.05) is 0 Å². The number of carbonyl (C=O) groups excluding carboxylic acids is 2. The zero-order valence-electron chi connectivity index (χ0n) is 14.4. The van der Waals surface area contributed by atoms with Crippen LogP contribution in [-0.4, -0.2) is 37.1 Å². The van der Waals surface area contributed by atoms with Crippen LogP contribution in [-0.2, 0) is 14.3 Å². The second-order valence-corrected chi connectivity index (χ2v) is 6.50. The fourth-order valence-corrected chi connectivity index (χ4v) is 2.80. The van der Waals surface area contributed by atoms with Crippen LogP contribution in [0.25, 0.3) is 0 Å². The van der Waals surface area contributed by atoms with Gasteiger partial charge in [0.15, 0.2) is 13.2 Å². The molecule has 9 nitrogen and oxygen atoms in total. The lowest BCUT2D eigenvalue weighted by Crippen LogP contribution is -2.24. The molecule has 0 aliphatic carbocycles. The molecule has 0 bridgehead atoms. The van der Waals surface area contributed by atoms with E-state index in [1.165, 1.54) is 25.3 Å². The number of halogens is 2. The van der Waals surface area contributed by atoms with Gasteiger partial charge in [0.1, 0.15) is 11.5 Å². The smallest absolute Gasteiger partial charge is 0.344 e. The zero-order chi connectivity index (χ0) is 20.7. The average Bonchev–Trinajstić information content (AvgIpc) is 2.65. The molecule has 11 heteroatoms. The third-order valence-corrected chi connectivity index (χ3v) is 4.13. The molecule has 28 heavy (non-hydrogen) atoms. The average molecular weight is 474 g/mol. The quantitative estimate of drug-likeness (QED) is 0.354. The molecule has 0 fully saturated rings. The molecular weight excluding hydrogens is 460 g/mol. The molecule has 0 aromatic heterocycles. The fraction of sp³-hybridized carbons (Fsp3) is 0.176. The van der Waals surface area contributed by atoms with E-state index >= 15 is 0 Å². The molecule has 0 heterocycles. The maximum absolute atomic E-state index is 11.9. The van der Waals surface area contributed by atoms with E-state index in [0.29, 0.717) is 15.2 Å². The highest BCUT2D eigenvalue weighted by Gasteiger charge is 2.15. The Morgan fingerprint density at radius 1 is 1.18 bits per heavy atom. The Morgan fingerprint density at radius 2 is 1.93 bits per heavy atom. The van der Waals surface area contributed by atoms with Crippen molar-refractivity contribution in [3.8, 4) is 11.5 Å². The Hall–Kier alpha value is -2.85. The van der Waals surface area contributed by atoms with E-state index in [-0.39, 0.29) is 17.1 Å². The standard InChI is InChI=1S/C17H14BrClN2O7/c1-26-15-7-11(21(24)25)3-4-13(15)20-16(22)8-28-17(23)9-27-14-5-2-10(19)6-12(14)18/h2-7H,8-9H2,1H3,(H,20,22). The van der Waals surface area contributed by atoms with Gasteiger partial charge in [-0.2, -0.15) is 0 Å². The molecule has 2 aromatic carbocycles. The number of non-ortho nitro benzene ring substituents is 1. The fourth-order valence-electron chi connectivity index (χ4n) is 2.00. The molecule has 2 aromatic rings. The molecule has 0 saturated carbocycles. The van der Waals surface area contributed by atoms with Crippen molar-refractivity contribution in [2.24, 2.45) is 0 Å². The van der Waals surface area contributed by atoms with Crippen LogP contribution in [0.5, 0.6) is 11.5 Å². The van der Waals surface area contributed by atoms with E-state index in [0.717, 1.165) is 0 Å². The van der Waals surface area contributed by atoms with Gasteiger partial charge in [0.25, 0.3) is 11.6 Å². The van der Waals surface area contributed by atoms with Crippen molar-refractivity contribution in [3.63, 3.8) is 0 Å². The number of esters is 1. The summed E-state index contributed by atoms with van der Waals surface area (Å²) >= 11 is 9.06. The van der Waals surface area contributed by atoms with Gasteiger partial charge in [-0.1, -0.05) is 11.6 Å². The molecule has 148 valence electrons. The highest BCUT2D eigenvalue weighted by atomic mass is 79.9. The molecule has 2 rings (SSSR count). The molecule has 0 atom stereocenters. The largest absolute Gasteiger partial charge is 0.494 e. The Balaban J connectivity index is 1.85. The first-order valence-electron chi connectivity index (χ1n) is 7.66. The van der Waals surface area contributed by atoms with Crippen LogP contribution in [0.3, 0.4) is 0 Å². The molecule has 1 amide bonds. The highest BCUT2D eigenvalue weighted by molar-refractivity contribution is 9.10. The lowest BCUT2D eigenvalue weighted by Gasteiger charge is -2.11. The molecule has 0 radical (unpaired) electrons. The Kier molecular flexibility index (Phi) is 7.59. The molecule has 0 saturated heterocycles. The number of hydrogen-bond acceptors (Lipinski definition) is 7. The molecule has 0 unspecified atom stereocenters. The Labute approximate surface area is 172 Å². The Morgan fingerprint density at radius 3 is 2.57 bits per heavy atom. The predicted molar refractivity (Wildman–Crippen MR) is 104 cm³/mol. The van der Waals surface area contributed by atoms with Crippen molar-refractivity contribution in [1.29, 1.82) is 0 Å². The number of carbonyl (C=O) groups is 2. The number of nitro groups is 1. The summed E-state index contributed by atoms with van der Waals surface area (Å²) in [4.78, 5) is 33.8. The van der Waals surface area contributed by atoms with Crippen molar-refractivity contribution in [2.45, 2.75) is 0 Å². The number of methoxy groups -OCH3 is 1. The van der Waals surface area contributed by atoms with Gasteiger partial charge >= 0.3 is 5.97 Å². The first-order chi connectivity index (χ1) is 13.3. The summed E-state index contributed by atoms with van der Waals surface area (Å²) in [5.74, 6) is -0.910. The monoisotopic (exact) mass is 472 g/mol. The van der Waals surface area contributed by atoms with Gasteiger partial charge in [0.05, 0.1) is 28.3 Å². The number of anilines is 1. The Bertz CT molecular complexity index is 907. The number of nitrogens with one attached hydrogen (secondary N) is 1. The van der Waals surface area contributed by atoms with Crippen LogP contribution in [0.15, 0.2) is 40.9 Å². The van der Waals surface area contributed by atoms with Gasteiger partial charge in [0.2, 0.25) is 0 Å². The minimum Gasteiger partial charge on any atom is -0.494 e. The van der Waals surface area contributed by atoms with Gasteiger partial charge < -0.3 is 19.5 Å². The first kappa shape index (κ1) is 21.5. The summed E-state index contributed by atoms with van der Waals surface area (Å²) in [6, 6.07) is 8.47. The van der Waals surface area contributed by atoms with Gasteiger partial charge in [-0.3, -0.25) is 14.9 Å². The van der Waals surface area contributed by atoms with Crippen molar-refractivity contribution in [2.75, 3.05) is 25.6 Å². The van der Waals surface area contributed by atoms with Crippen LogP contribution in [0, 0.1) is 10.1 Å². The summed E-state index contributed by atoms with van der Waals surface area (Å²) in [5.41, 5.74) is 0.0160. The lowest BCUT2D eigenvalue weighted by molar-refractivity contribution is -0.384. The van der Waals surface area contributed by atoms with Crippen LogP contribution in [0.4, 0.5) is 11.4 Å². The number of hydrogen-bond donors (Lipinski definition) is 1. The molecule has 0 spiro atoms. The molecular formula is C17H14BrClN2O7. The van der Waals surface area contributed by atoms with Crippen molar-refractivity contribution in [3.05, 3.63) is 56.0 Å². The number of amides is 1. The van der Waals surface area contributed by atoms with Gasteiger partial charge in [-0.25, -0.2) is 4.79 Å². The maximum Gasteiger partial charge on any atom is 0.344 e. The van der Waals surface area contributed by atoms with Crippen molar-refractivity contribution >= 4 is 50.8 Å². The topological polar surface area (TPSA) is 117 Å². The predicted octanol–water partition coefficient (Wildman–Crippen LogP) is 3.58. The number of ether oxygens (including phenoxy) is 3. The number of benzene rings is 2. The third-order valence-electron chi connectivity index (χ3n) is 3.27. The summed E-state index contributed by atoms with van der Waals surface area (Å²) in [5, 5.41) is 13.7. The first-order valence-corrected chi connectivity index (χ1v) is 8.83. The van der Waals surface area contributed by atoms with Gasteiger partial charge in [0, 0.05) is 11.1 Å². The maximum atomic E-state index is 11.9. The van der Waals surface area contributed by atoms with Gasteiger partial charge in [-0.05, 0) is 40.2 Å². The van der Waals surface area contributed by atoms with Crippen LogP contribution >= 0.6 is 27.5 Å². The summed E-state index contributed by atoms with van der Waals surface area (Å²) in [7, 11) is 1.31. The van der Waals surface area contributed by atoms with E-state index < -0.39 is 30.0 Å². The number of rotatable bonds is 8. The van der Waals surface area contributed by atoms with Crippen LogP contribution in [0.1, 0.15) is 0 Å². The van der Waals surface area contributed by atoms with E-state index in [1.54, 1.807) is 18.2 Å². The minimum atomic E-state index is -0.757. The molecule has 1 N–H and O–H groups in total. The molecule has 0 aliphatic heterocycles. The minimum absolute atomic E-state index is 0.102. The summed E-state index contributed by atoms with van der Waals surface area (Å²) < 4.78 is 15.7. The second kappa shape index (κ2) is 9.90. The number of nitrogens with zero attached hydrogens (tertiary/aromatic N) is 1. The van der Waals surface area contributed by atoms with Crippen LogP contribution in [0.2, 0.25) is 5.02 Å². The summed E-state index contributed by atoms with van der Waals surface area (Å²) in [6.07, 6.45) is 0. The van der Waals surface area contributed by atoms with Gasteiger partial charge in [-0.15, -0.1) is 0 Å². The van der Waals surface area contributed by atoms with Crippen molar-refractivity contribution < 1.29 is 28.7 Å². The number of nitro benzene ring substituents is 1.